The SMILES string of the molecule is CC1=C2C[C@H]3C(CC=C4C[C@@H](O)CC[C@@]43C)[C@@H]2CC[C@@]2(C1)O[C@@H]1C[C@H](C)CN(CCCl)[C@H]1[C@H]2C. The van der Waals surface area contributed by atoms with Crippen LogP contribution in [0.15, 0.2) is 22.8 Å². The summed E-state index contributed by atoms with van der Waals surface area (Å²) in [7, 11) is 0. The predicted octanol–water partition coefficient (Wildman–Crippen LogP) is 6.34. The third kappa shape index (κ3) is 3.54. The van der Waals surface area contributed by atoms with Crippen LogP contribution in [0.3, 0.4) is 0 Å². The molecule has 6 aliphatic rings. The van der Waals surface area contributed by atoms with Crippen LogP contribution in [-0.4, -0.2) is 52.8 Å². The molecule has 4 aliphatic carbocycles. The molecule has 4 fully saturated rings. The van der Waals surface area contributed by atoms with Gasteiger partial charge in [-0.25, -0.2) is 0 Å². The van der Waals surface area contributed by atoms with E-state index in [1.54, 1.807) is 16.7 Å². The van der Waals surface area contributed by atoms with Gasteiger partial charge in [-0.05, 0) is 93.8 Å². The second kappa shape index (κ2) is 8.61. The minimum atomic E-state index is -0.116. The van der Waals surface area contributed by atoms with E-state index in [9.17, 15) is 5.11 Å². The standard InChI is InChI=1S/C30H46ClNO2/c1-18-13-27-28(32(17-18)12-11-31)20(3)30(34-27)10-8-23-24-6-5-21-14-22(33)7-9-29(21,4)26(24)15-25(23)19(2)16-30/h5,18,20,22-24,26-28,33H,6-17H2,1-4H3/t18-,20+,22-,23-,24?,26-,27+,28-,29-,30-/m0/s1. The molecule has 34 heavy (non-hydrogen) atoms. The van der Waals surface area contributed by atoms with E-state index in [2.05, 4.69) is 38.7 Å². The molecule has 2 aliphatic heterocycles. The van der Waals surface area contributed by atoms with E-state index in [1.165, 1.54) is 45.1 Å². The number of halogens is 1. The topological polar surface area (TPSA) is 32.7 Å². The van der Waals surface area contributed by atoms with Crippen LogP contribution in [0.2, 0.25) is 0 Å². The largest absolute Gasteiger partial charge is 0.393 e. The molecule has 0 aromatic heterocycles. The average Bonchev–Trinajstić information content (AvgIpc) is 3.25. The number of hydrogen-bond donors (Lipinski definition) is 1. The Hall–Kier alpha value is -0.350. The first kappa shape index (κ1) is 24.0. The maximum atomic E-state index is 10.3. The lowest BCUT2D eigenvalue weighted by molar-refractivity contribution is -0.0789. The van der Waals surface area contributed by atoms with Gasteiger partial charge in [0.1, 0.15) is 0 Å². The van der Waals surface area contributed by atoms with Gasteiger partial charge in [0.25, 0.3) is 0 Å². The van der Waals surface area contributed by atoms with Gasteiger partial charge in [-0.2, -0.15) is 0 Å². The van der Waals surface area contributed by atoms with Crippen molar-refractivity contribution in [3.63, 3.8) is 0 Å². The predicted molar refractivity (Wildman–Crippen MR) is 139 cm³/mol. The minimum Gasteiger partial charge on any atom is -0.393 e. The van der Waals surface area contributed by atoms with Gasteiger partial charge in [-0.3, -0.25) is 4.90 Å². The van der Waals surface area contributed by atoms with Crippen LogP contribution in [-0.2, 0) is 4.74 Å². The number of aliphatic hydroxyl groups is 1. The number of hydrogen-bond acceptors (Lipinski definition) is 3. The Morgan fingerprint density at radius 3 is 2.82 bits per heavy atom. The van der Waals surface area contributed by atoms with E-state index in [-0.39, 0.29) is 11.7 Å². The van der Waals surface area contributed by atoms with Crippen LogP contribution in [0.4, 0.5) is 0 Å². The molecule has 1 N–H and O–H groups in total. The van der Waals surface area contributed by atoms with Crippen molar-refractivity contribution in [3.8, 4) is 0 Å². The molecule has 1 unspecified atom stereocenters. The van der Waals surface area contributed by atoms with Gasteiger partial charge in [-0.1, -0.05) is 43.6 Å². The van der Waals surface area contributed by atoms with Crippen molar-refractivity contribution in [2.75, 3.05) is 19.0 Å². The maximum absolute atomic E-state index is 10.3. The summed E-state index contributed by atoms with van der Waals surface area (Å²) in [5.74, 6) is 4.27. The summed E-state index contributed by atoms with van der Waals surface area (Å²) in [4.78, 5) is 2.67. The minimum absolute atomic E-state index is 0.00932. The van der Waals surface area contributed by atoms with Crippen molar-refractivity contribution in [1.82, 2.24) is 4.90 Å². The highest BCUT2D eigenvalue weighted by Crippen LogP contribution is 2.63. The molecule has 10 atom stereocenters. The highest BCUT2D eigenvalue weighted by Gasteiger charge is 2.59. The lowest BCUT2D eigenvalue weighted by Crippen LogP contribution is -2.52. The first-order valence-corrected chi connectivity index (χ1v) is 14.8. The molecular formula is C30H46ClNO2. The monoisotopic (exact) mass is 487 g/mol. The van der Waals surface area contributed by atoms with Crippen molar-refractivity contribution in [1.29, 1.82) is 0 Å². The number of fused-ring (bicyclic) bond motifs is 6. The fraction of sp³-hybridized carbons (Fsp3) is 0.867. The van der Waals surface area contributed by atoms with Gasteiger partial charge in [0.15, 0.2) is 0 Å². The van der Waals surface area contributed by atoms with Gasteiger partial charge in [0.05, 0.1) is 17.8 Å². The molecule has 4 heteroatoms. The molecular weight excluding hydrogens is 442 g/mol. The molecule has 3 nitrogen and oxygen atoms in total. The molecule has 0 bridgehead atoms. The fourth-order valence-corrected chi connectivity index (χ4v) is 10.2. The van der Waals surface area contributed by atoms with E-state index in [4.69, 9.17) is 16.3 Å². The van der Waals surface area contributed by atoms with Crippen molar-refractivity contribution in [2.24, 2.45) is 35.0 Å². The summed E-state index contributed by atoms with van der Waals surface area (Å²) in [6.45, 7) is 12.0. The lowest BCUT2D eigenvalue weighted by atomic mass is 9.56. The number of aliphatic hydroxyl groups excluding tert-OH is 1. The first-order chi connectivity index (χ1) is 16.3. The Morgan fingerprint density at radius 1 is 1.21 bits per heavy atom. The third-order valence-corrected chi connectivity index (χ3v) is 11.8. The molecule has 0 radical (unpaired) electrons. The molecule has 0 amide bonds. The Kier molecular flexibility index (Phi) is 6.08. The summed E-state index contributed by atoms with van der Waals surface area (Å²) in [5.41, 5.74) is 5.34. The highest BCUT2D eigenvalue weighted by atomic mass is 35.5. The molecule has 2 saturated heterocycles. The van der Waals surface area contributed by atoms with E-state index < -0.39 is 0 Å². The fourth-order valence-electron chi connectivity index (χ4n) is 9.95. The molecule has 0 aromatic rings. The smallest absolute Gasteiger partial charge is 0.0765 e. The van der Waals surface area contributed by atoms with Crippen molar-refractivity contribution in [2.45, 2.75) is 109 Å². The molecule has 1 spiro atoms. The Morgan fingerprint density at radius 2 is 2.03 bits per heavy atom. The zero-order chi connectivity index (χ0) is 23.8. The van der Waals surface area contributed by atoms with E-state index in [0.29, 0.717) is 29.4 Å². The van der Waals surface area contributed by atoms with Crippen molar-refractivity contribution < 1.29 is 9.84 Å². The molecule has 2 saturated carbocycles. The van der Waals surface area contributed by atoms with Crippen LogP contribution in [0.5, 0.6) is 0 Å². The zero-order valence-electron chi connectivity index (χ0n) is 21.9. The number of ether oxygens (including phenoxy) is 1. The summed E-state index contributed by atoms with van der Waals surface area (Å²) < 4.78 is 7.16. The second-order valence-corrected chi connectivity index (χ2v) is 13.8. The van der Waals surface area contributed by atoms with Crippen LogP contribution < -0.4 is 0 Å². The van der Waals surface area contributed by atoms with Gasteiger partial charge in [0.2, 0.25) is 0 Å². The Bertz CT molecular complexity index is 883. The summed E-state index contributed by atoms with van der Waals surface area (Å²) in [5, 5.41) is 10.3. The van der Waals surface area contributed by atoms with Crippen LogP contribution in [0, 0.1) is 35.0 Å². The van der Waals surface area contributed by atoms with Crippen LogP contribution in [0.25, 0.3) is 0 Å². The van der Waals surface area contributed by atoms with Gasteiger partial charge < -0.3 is 9.84 Å². The number of alkyl halides is 1. The number of nitrogens with zero attached hydrogens (tertiary/aromatic N) is 1. The van der Waals surface area contributed by atoms with Crippen molar-refractivity contribution in [3.05, 3.63) is 22.8 Å². The quantitative estimate of drug-likeness (QED) is 0.364. The summed E-state index contributed by atoms with van der Waals surface area (Å²) in [6.07, 6.45) is 13.2. The number of likely N-dealkylation sites (tertiary alicyclic amines) is 1. The Balaban J connectivity index is 1.27. The van der Waals surface area contributed by atoms with Crippen molar-refractivity contribution >= 4 is 11.6 Å². The molecule has 6 rings (SSSR count). The average molecular weight is 488 g/mol. The molecule has 2 heterocycles. The third-order valence-electron chi connectivity index (χ3n) is 11.6. The summed E-state index contributed by atoms with van der Waals surface area (Å²) in [6, 6.07) is 0.534. The second-order valence-electron chi connectivity index (χ2n) is 13.4. The van der Waals surface area contributed by atoms with E-state index in [1.807, 2.05) is 0 Å². The van der Waals surface area contributed by atoms with Gasteiger partial charge in [0, 0.05) is 30.9 Å². The normalized spacial score (nSPS) is 50.9. The number of piperidine rings is 1. The zero-order valence-corrected chi connectivity index (χ0v) is 22.6. The highest BCUT2D eigenvalue weighted by molar-refractivity contribution is 6.18. The van der Waals surface area contributed by atoms with E-state index in [0.717, 1.165) is 49.4 Å². The summed E-state index contributed by atoms with van der Waals surface area (Å²) >= 11 is 6.24. The molecule has 0 aromatic carbocycles. The maximum Gasteiger partial charge on any atom is 0.0765 e. The van der Waals surface area contributed by atoms with Crippen LogP contribution >= 0.6 is 11.6 Å². The van der Waals surface area contributed by atoms with Gasteiger partial charge >= 0.3 is 0 Å². The number of rotatable bonds is 2. The van der Waals surface area contributed by atoms with Gasteiger partial charge in [-0.15, -0.1) is 11.6 Å². The van der Waals surface area contributed by atoms with Crippen LogP contribution in [0.1, 0.15) is 85.5 Å². The lowest BCUT2D eigenvalue weighted by Gasteiger charge is -2.49. The molecule has 190 valence electrons. The van der Waals surface area contributed by atoms with E-state index >= 15 is 0 Å². The Labute approximate surface area is 212 Å². The first-order valence-electron chi connectivity index (χ1n) is 14.3. The number of allylic oxidation sites excluding steroid dienone is 2.